The topological polar surface area (TPSA) is 116 Å². The molecule has 6 nitrogen and oxygen atoms in total. The Morgan fingerprint density at radius 2 is 1.70 bits per heavy atom. The van der Waals surface area contributed by atoms with Gasteiger partial charge in [-0.05, 0) is 45.6 Å². The molecule has 0 bridgehead atoms. The molecule has 0 aromatic heterocycles. The van der Waals surface area contributed by atoms with Gasteiger partial charge in [-0.2, -0.15) is 0 Å². The lowest BCUT2D eigenvalue weighted by atomic mass is 9.89. The number of aliphatic carboxylic acids is 1. The van der Waals surface area contributed by atoms with Gasteiger partial charge in [0.25, 0.3) is 0 Å². The summed E-state index contributed by atoms with van der Waals surface area (Å²) >= 11 is 0. The highest BCUT2D eigenvalue weighted by Crippen LogP contribution is 2.35. The highest BCUT2D eigenvalue weighted by atomic mass is 28.3. The number of nitrogens with two attached hydrogens (primary N) is 2. The number of carboxylic acid groups (broad SMARTS) is 1. The largest absolute Gasteiger partial charge is 0.480 e. The van der Waals surface area contributed by atoms with Gasteiger partial charge in [-0.15, -0.1) is 0 Å². The van der Waals surface area contributed by atoms with Crippen LogP contribution in [0, 0.1) is 0 Å². The molecule has 0 rings (SSSR count). The Morgan fingerprint density at radius 1 is 1.22 bits per heavy atom. The average Bonchev–Trinajstić information content (AvgIpc) is 2.33. The van der Waals surface area contributed by atoms with E-state index in [4.69, 9.17) is 16.2 Å². The van der Waals surface area contributed by atoms with Gasteiger partial charge in [0.15, 0.2) is 0 Å². The molecule has 7 heteroatoms. The van der Waals surface area contributed by atoms with Crippen LogP contribution in [0.1, 0.15) is 47.0 Å². The summed E-state index contributed by atoms with van der Waals surface area (Å²) in [6, 6.07) is -0.755. The van der Waals surface area contributed by atoms with Gasteiger partial charge >= 0.3 is 11.9 Å². The highest BCUT2D eigenvalue weighted by molar-refractivity contribution is 6.78. The molecular formula is C16H34N2O4Si. The molecule has 0 fully saturated rings. The van der Waals surface area contributed by atoms with E-state index in [1.165, 1.54) is 0 Å². The van der Waals surface area contributed by atoms with Crippen molar-refractivity contribution in [3.8, 4) is 0 Å². The van der Waals surface area contributed by atoms with E-state index in [9.17, 15) is 14.7 Å². The maximum atomic E-state index is 11.9. The summed E-state index contributed by atoms with van der Waals surface area (Å²) in [6.45, 7) is 13.6. The van der Waals surface area contributed by atoms with Crippen molar-refractivity contribution < 1.29 is 19.4 Å². The molecule has 136 valence electrons. The van der Waals surface area contributed by atoms with E-state index in [-0.39, 0.29) is 5.54 Å². The molecule has 0 spiro atoms. The Hall–Kier alpha value is -0.923. The van der Waals surface area contributed by atoms with E-state index < -0.39 is 37.2 Å². The van der Waals surface area contributed by atoms with E-state index in [1.54, 1.807) is 20.8 Å². The summed E-state index contributed by atoms with van der Waals surface area (Å²) in [7, 11) is -1.72. The molecule has 0 saturated carbocycles. The van der Waals surface area contributed by atoms with Crippen molar-refractivity contribution >= 4 is 20.0 Å². The fourth-order valence-electron chi connectivity index (χ4n) is 2.39. The number of carbonyl (C=O) groups excluding carboxylic acids is 1. The first-order valence-electron chi connectivity index (χ1n) is 8.12. The number of esters is 1. The van der Waals surface area contributed by atoms with Gasteiger partial charge in [-0.25, -0.2) is 0 Å². The first-order chi connectivity index (χ1) is 10.1. The smallest absolute Gasteiger partial charge is 0.323 e. The molecule has 0 saturated heterocycles. The zero-order valence-corrected chi connectivity index (χ0v) is 16.6. The van der Waals surface area contributed by atoms with Crippen molar-refractivity contribution in [2.45, 2.75) is 89.3 Å². The van der Waals surface area contributed by atoms with Crippen molar-refractivity contribution in [3.63, 3.8) is 0 Å². The predicted molar refractivity (Wildman–Crippen MR) is 95.0 cm³/mol. The summed E-state index contributed by atoms with van der Waals surface area (Å²) in [5, 5.41) is 9.57. The fourth-order valence-corrected chi connectivity index (χ4v) is 4.20. The van der Waals surface area contributed by atoms with Crippen LogP contribution in [-0.2, 0) is 14.3 Å². The van der Waals surface area contributed by atoms with Gasteiger partial charge in [0.2, 0.25) is 0 Å². The summed E-state index contributed by atoms with van der Waals surface area (Å²) in [4.78, 5) is 23.5. The zero-order valence-electron chi connectivity index (χ0n) is 15.6. The van der Waals surface area contributed by atoms with Crippen molar-refractivity contribution in [1.29, 1.82) is 0 Å². The molecule has 2 unspecified atom stereocenters. The summed E-state index contributed by atoms with van der Waals surface area (Å²) in [5.41, 5.74) is 10.1. The minimum Gasteiger partial charge on any atom is -0.480 e. The molecule has 0 aromatic carbocycles. The van der Waals surface area contributed by atoms with E-state index >= 15 is 0 Å². The molecule has 0 amide bonds. The molecule has 0 radical (unpaired) electrons. The number of carboxylic acids is 1. The van der Waals surface area contributed by atoms with Gasteiger partial charge < -0.3 is 21.3 Å². The second-order valence-corrected chi connectivity index (χ2v) is 14.1. The number of carbonyl (C=O) groups is 2. The zero-order chi connectivity index (χ0) is 18.6. The maximum Gasteiger partial charge on any atom is 0.323 e. The van der Waals surface area contributed by atoms with E-state index in [2.05, 4.69) is 19.6 Å². The molecule has 0 aliphatic rings. The number of rotatable bonds is 8. The molecular weight excluding hydrogens is 312 g/mol. The van der Waals surface area contributed by atoms with Crippen LogP contribution >= 0.6 is 0 Å². The third kappa shape index (κ3) is 7.01. The van der Waals surface area contributed by atoms with Gasteiger partial charge in [-0.3, -0.25) is 9.59 Å². The average molecular weight is 347 g/mol. The minimum absolute atomic E-state index is 0.0924. The van der Waals surface area contributed by atoms with Gasteiger partial charge in [0.1, 0.15) is 17.2 Å². The Morgan fingerprint density at radius 3 is 2.04 bits per heavy atom. The van der Waals surface area contributed by atoms with Crippen LogP contribution in [0.4, 0.5) is 0 Å². The van der Waals surface area contributed by atoms with Crippen LogP contribution in [-0.4, -0.2) is 42.3 Å². The Balaban J connectivity index is 4.74. The standard InChI is InChI=1S/C16H34N2O4Si/c1-11(23(5,6)7)16(18,14(20)21)10-8-9-12(17)13(19)22-15(2,3)4/h11-12H,8-10,17-18H2,1-7H3,(H,20,21)/t11?,12?,16-/m1/s1. The second kappa shape index (κ2) is 7.77. The van der Waals surface area contributed by atoms with Gasteiger partial charge in [0.05, 0.1) is 0 Å². The van der Waals surface area contributed by atoms with Crippen LogP contribution in [0.15, 0.2) is 0 Å². The molecule has 5 N–H and O–H groups in total. The Labute approximate surface area is 141 Å². The normalized spacial score (nSPS) is 18.0. The summed E-state index contributed by atoms with van der Waals surface area (Å²) in [5.74, 6) is -1.45. The predicted octanol–water partition coefficient (Wildman–Crippen LogP) is 2.34. The third-order valence-electron chi connectivity index (χ3n) is 4.29. The van der Waals surface area contributed by atoms with Crippen molar-refractivity contribution in [2.24, 2.45) is 11.5 Å². The van der Waals surface area contributed by atoms with Crippen LogP contribution < -0.4 is 11.5 Å². The number of hydrogen-bond acceptors (Lipinski definition) is 5. The first-order valence-corrected chi connectivity index (χ1v) is 11.7. The number of ether oxygens (including phenoxy) is 1. The molecule has 0 aliphatic heterocycles. The van der Waals surface area contributed by atoms with Crippen molar-refractivity contribution in [2.75, 3.05) is 0 Å². The van der Waals surface area contributed by atoms with Crippen LogP contribution in [0.5, 0.6) is 0 Å². The SMILES string of the molecule is CC([C@](N)(CCCC(N)C(=O)OC(C)(C)C)C(=O)O)[Si](C)(C)C. The summed E-state index contributed by atoms with van der Waals surface area (Å²) < 4.78 is 5.23. The van der Waals surface area contributed by atoms with Crippen LogP contribution in [0.2, 0.25) is 25.2 Å². The monoisotopic (exact) mass is 346 g/mol. The van der Waals surface area contributed by atoms with E-state index in [1.807, 2.05) is 6.92 Å². The highest BCUT2D eigenvalue weighted by Gasteiger charge is 2.45. The molecule has 0 aliphatic carbocycles. The lowest BCUT2D eigenvalue weighted by Crippen LogP contribution is -2.57. The van der Waals surface area contributed by atoms with Gasteiger partial charge in [-0.1, -0.05) is 26.6 Å². The van der Waals surface area contributed by atoms with E-state index in [0.29, 0.717) is 19.3 Å². The molecule has 0 heterocycles. The Kier molecular flexibility index (Phi) is 7.45. The van der Waals surface area contributed by atoms with Crippen molar-refractivity contribution in [1.82, 2.24) is 0 Å². The van der Waals surface area contributed by atoms with Crippen molar-refractivity contribution in [3.05, 3.63) is 0 Å². The number of hydrogen-bond donors (Lipinski definition) is 3. The lowest BCUT2D eigenvalue weighted by molar-refractivity contribution is -0.156. The van der Waals surface area contributed by atoms with Crippen LogP contribution in [0.25, 0.3) is 0 Å². The molecule has 23 heavy (non-hydrogen) atoms. The molecule has 3 atom stereocenters. The maximum absolute atomic E-state index is 11.9. The van der Waals surface area contributed by atoms with Crippen LogP contribution in [0.3, 0.4) is 0 Å². The first kappa shape index (κ1) is 22.1. The third-order valence-corrected chi connectivity index (χ3v) is 7.40. The quantitative estimate of drug-likeness (QED) is 0.459. The van der Waals surface area contributed by atoms with Gasteiger partial charge in [0, 0.05) is 8.07 Å². The Bertz CT molecular complexity index is 429. The fraction of sp³-hybridized carbons (Fsp3) is 0.875. The van der Waals surface area contributed by atoms with E-state index in [0.717, 1.165) is 0 Å². The lowest BCUT2D eigenvalue weighted by Gasteiger charge is -2.38. The summed E-state index contributed by atoms with van der Waals surface area (Å²) in [6.07, 6.45) is 1.13. The minimum atomic E-state index is -1.72. The molecule has 0 aromatic rings. The second-order valence-electron chi connectivity index (χ2n) is 8.47.